The van der Waals surface area contributed by atoms with Crippen LogP contribution < -0.4 is 5.56 Å². The Balaban J connectivity index is 1.65. The predicted molar refractivity (Wildman–Crippen MR) is 111 cm³/mol. The minimum absolute atomic E-state index is 0.0123. The number of rotatable bonds is 2. The number of pyridine rings is 1. The van der Waals surface area contributed by atoms with E-state index in [2.05, 4.69) is 23.9 Å². The van der Waals surface area contributed by atoms with Crippen molar-refractivity contribution in [3.8, 4) is 11.1 Å². The van der Waals surface area contributed by atoms with Crippen LogP contribution >= 0.6 is 0 Å². The molecule has 1 saturated carbocycles. The van der Waals surface area contributed by atoms with Crippen molar-refractivity contribution in [2.24, 2.45) is 11.8 Å². The summed E-state index contributed by atoms with van der Waals surface area (Å²) in [5, 5.41) is 5.04. The molecule has 0 unspecified atom stereocenters. The number of hydrogen-bond acceptors (Lipinski definition) is 3. The Labute approximate surface area is 167 Å². The molecule has 29 heavy (non-hydrogen) atoms. The monoisotopic (exact) mass is 390 g/mol. The molecule has 5 nitrogen and oxygen atoms in total. The summed E-state index contributed by atoms with van der Waals surface area (Å²) in [5.41, 5.74) is 3.03. The smallest absolute Gasteiger partial charge is 0.261 e. The van der Waals surface area contributed by atoms with E-state index in [0.29, 0.717) is 22.9 Å². The summed E-state index contributed by atoms with van der Waals surface area (Å²) in [6.45, 7) is 4.52. The van der Waals surface area contributed by atoms with E-state index in [4.69, 9.17) is 0 Å². The fourth-order valence-corrected chi connectivity index (χ4v) is 4.67. The average molecular weight is 390 g/mol. The molecule has 148 valence electrons. The summed E-state index contributed by atoms with van der Waals surface area (Å²) in [4.78, 5) is 17.8. The van der Waals surface area contributed by atoms with Gasteiger partial charge in [-0.15, -0.1) is 0 Å². The van der Waals surface area contributed by atoms with Crippen LogP contribution in [0.3, 0.4) is 0 Å². The van der Waals surface area contributed by atoms with Crippen LogP contribution in [0.1, 0.15) is 39.2 Å². The molecule has 3 aromatic heterocycles. The van der Waals surface area contributed by atoms with Crippen LogP contribution in [0.4, 0.5) is 4.39 Å². The Hall–Kier alpha value is -3.02. The Kier molecular flexibility index (Phi) is 4.23. The molecular weight excluding hydrogens is 367 g/mol. The SMILES string of the molecule is C[C@@H]1[C@@H](C)CCC[C@@H]1n1ccc2c(cnc3c(-c4ccc(F)cc4)cnn32)c1=O. The Morgan fingerprint density at radius 1 is 1.07 bits per heavy atom. The minimum Gasteiger partial charge on any atom is -0.311 e. The van der Waals surface area contributed by atoms with Gasteiger partial charge in [0, 0.05) is 24.0 Å². The summed E-state index contributed by atoms with van der Waals surface area (Å²) < 4.78 is 16.9. The Bertz CT molecular complexity index is 1260. The van der Waals surface area contributed by atoms with E-state index in [1.54, 1.807) is 29.0 Å². The fourth-order valence-electron chi connectivity index (χ4n) is 4.67. The number of halogens is 1. The van der Waals surface area contributed by atoms with E-state index in [9.17, 15) is 9.18 Å². The summed E-state index contributed by atoms with van der Waals surface area (Å²) in [7, 11) is 0. The molecule has 4 aromatic rings. The molecule has 3 heterocycles. The zero-order valence-corrected chi connectivity index (χ0v) is 16.5. The van der Waals surface area contributed by atoms with Gasteiger partial charge in [-0.05, 0) is 42.0 Å². The zero-order chi connectivity index (χ0) is 20.1. The van der Waals surface area contributed by atoms with Gasteiger partial charge >= 0.3 is 0 Å². The lowest BCUT2D eigenvalue weighted by Gasteiger charge is -2.35. The van der Waals surface area contributed by atoms with Crippen LogP contribution in [0.2, 0.25) is 0 Å². The number of aromatic nitrogens is 4. The fraction of sp³-hybridized carbons (Fsp3) is 0.348. The van der Waals surface area contributed by atoms with Gasteiger partial charge in [-0.3, -0.25) is 4.79 Å². The first-order chi connectivity index (χ1) is 14.0. The maximum atomic E-state index is 13.3. The molecule has 5 rings (SSSR count). The van der Waals surface area contributed by atoms with E-state index in [1.807, 2.05) is 16.8 Å². The molecule has 0 bridgehead atoms. The number of fused-ring (bicyclic) bond motifs is 3. The molecule has 1 aliphatic carbocycles. The molecule has 3 atom stereocenters. The second-order valence-corrected chi connectivity index (χ2v) is 8.22. The molecule has 1 aromatic carbocycles. The Morgan fingerprint density at radius 2 is 1.86 bits per heavy atom. The summed E-state index contributed by atoms with van der Waals surface area (Å²) in [6.07, 6.45) is 8.67. The van der Waals surface area contributed by atoms with Gasteiger partial charge in [-0.25, -0.2) is 13.9 Å². The van der Waals surface area contributed by atoms with Crippen molar-refractivity contribution in [3.63, 3.8) is 0 Å². The summed E-state index contributed by atoms with van der Waals surface area (Å²) in [6, 6.07) is 8.44. The third kappa shape index (κ3) is 2.85. The van der Waals surface area contributed by atoms with Crippen LogP contribution in [0.25, 0.3) is 27.7 Å². The van der Waals surface area contributed by atoms with Gasteiger partial charge in [0.15, 0.2) is 5.65 Å². The second kappa shape index (κ2) is 6.79. The van der Waals surface area contributed by atoms with Crippen molar-refractivity contribution in [2.75, 3.05) is 0 Å². The van der Waals surface area contributed by atoms with Crippen molar-refractivity contribution in [2.45, 2.75) is 39.2 Å². The molecule has 0 saturated heterocycles. The number of nitrogens with zero attached hydrogens (tertiary/aromatic N) is 4. The van der Waals surface area contributed by atoms with Gasteiger partial charge in [0.2, 0.25) is 0 Å². The quantitative estimate of drug-likeness (QED) is 0.492. The van der Waals surface area contributed by atoms with E-state index < -0.39 is 0 Å². The van der Waals surface area contributed by atoms with Crippen molar-refractivity contribution >= 4 is 16.6 Å². The van der Waals surface area contributed by atoms with Crippen LogP contribution in [0.15, 0.2) is 53.7 Å². The average Bonchev–Trinajstić information content (AvgIpc) is 3.16. The maximum Gasteiger partial charge on any atom is 0.261 e. The molecule has 0 radical (unpaired) electrons. The van der Waals surface area contributed by atoms with E-state index >= 15 is 0 Å². The molecule has 0 aliphatic heterocycles. The molecule has 1 fully saturated rings. The summed E-state index contributed by atoms with van der Waals surface area (Å²) in [5.74, 6) is 0.794. The van der Waals surface area contributed by atoms with Gasteiger partial charge < -0.3 is 4.57 Å². The third-order valence-electron chi connectivity index (χ3n) is 6.60. The Morgan fingerprint density at radius 3 is 2.66 bits per heavy atom. The lowest BCUT2D eigenvalue weighted by molar-refractivity contribution is 0.183. The largest absolute Gasteiger partial charge is 0.311 e. The van der Waals surface area contributed by atoms with Gasteiger partial charge in [-0.2, -0.15) is 5.10 Å². The first-order valence-electron chi connectivity index (χ1n) is 10.2. The molecule has 1 aliphatic rings. The van der Waals surface area contributed by atoms with Crippen molar-refractivity contribution in [3.05, 3.63) is 65.1 Å². The highest BCUT2D eigenvalue weighted by Crippen LogP contribution is 2.37. The van der Waals surface area contributed by atoms with Crippen LogP contribution in [-0.2, 0) is 0 Å². The van der Waals surface area contributed by atoms with Gasteiger partial charge in [-0.1, -0.05) is 38.8 Å². The van der Waals surface area contributed by atoms with Crippen molar-refractivity contribution in [1.82, 2.24) is 19.2 Å². The highest BCUT2D eigenvalue weighted by atomic mass is 19.1. The first kappa shape index (κ1) is 18.0. The highest BCUT2D eigenvalue weighted by Gasteiger charge is 2.29. The van der Waals surface area contributed by atoms with Crippen molar-refractivity contribution < 1.29 is 4.39 Å². The standard InChI is InChI=1S/C23H23FN4O/c1-14-4-3-5-20(15(14)2)27-11-10-21-19(23(27)29)12-25-22-18(13-26-28(21)22)16-6-8-17(24)9-7-16/h6-15,20H,3-5H2,1-2H3/t14-,15+,20-/m0/s1. The number of hydrogen-bond donors (Lipinski definition) is 0. The lowest BCUT2D eigenvalue weighted by Crippen LogP contribution is -2.33. The first-order valence-corrected chi connectivity index (χ1v) is 10.2. The van der Waals surface area contributed by atoms with Gasteiger partial charge in [0.05, 0.1) is 17.1 Å². The molecule has 0 amide bonds. The van der Waals surface area contributed by atoms with Crippen LogP contribution in [0, 0.1) is 17.7 Å². The van der Waals surface area contributed by atoms with E-state index in [-0.39, 0.29) is 17.4 Å². The maximum absolute atomic E-state index is 13.3. The lowest BCUT2D eigenvalue weighted by atomic mass is 9.78. The topological polar surface area (TPSA) is 52.2 Å². The molecular formula is C23H23FN4O. The van der Waals surface area contributed by atoms with Gasteiger partial charge in [0.25, 0.3) is 5.56 Å². The predicted octanol–water partition coefficient (Wildman–Crippen LogP) is 4.85. The molecule has 0 N–H and O–H groups in total. The zero-order valence-electron chi connectivity index (χ0n) is 16.5. The van der Waals surface area contributed by atoms with E-state index in [0.717, 1.165) is 29.5 Å². The van der Waals surface area contributed by atoms with E-state index in [1.165, 1.54) is 18.6 Å². The third-order valence-corrected chi connectivity index (χ3v) is 6.60. The highest BCUT2D eigenvalue weighted by molar-refractivity contribution is 5.85. The molecule has 0 spiro atoms. The van der Waals surface area contributed by atoms with Crippen LogP contribution in [-0.4, -0.2) is 19.2 Å². The number of benzene rings is 1. The van der Waals surface area contributed by atoms with Gasteiger partial charge in [0.1, 0.15) is 5.82 Å². The molecule has 6 heteroatoms. The van der Waals surface area contributed by atoms with Crippen LogP contribution in [0.5, 0.6) is 0 Å². The minimum atomic E-state index is -0.282. The second-order valence-electron chi connectivity index (χ2n) is 8.22. The van der Waals surface area contributed by atoms with Crippen molar-refractivity contribution in [1.29, 1.82) is 0 Å². The summed E-state index contributed by atoms with van der Waals surface area (Å²) >= 11 is 0. The normalized spacial score (nSPS) is 22.4.